The summed E-state index contributed by atoms with van der Waals surface area (Å²) in [6.45, 7) is 3.64. The van der Waals surface area contributed by atoms with Crippen molar-refractivity contribution in [1.29, 1.82) is 0 Å². The summed E-state index contributed by atoms with van der Waals surface area (Å²) in [7, 11) is 0. The Hall–Kier alpha value is -1.37. The zero-order chi connectivity index (χ0) is 9.52. The summed E-state index contributed by atoms with van der Waals surface area (Å²) in [5.74, 6) is 0.0270. The molecule has 1 unspecified atom stereocenters. The van der Waals surface area contributed by atoms with E-state index >= 15 is 0 Å². The Morgan fingerprint density at radius 1 is 1.31 bits per heavy atom. The third-order valence-electron chi connectivity index (χ3n) is 2.07. The van der Waals surface area contributed by atoms with E-state index in [9.17, 15) is 4.79 Å². The first kappa shape index (κ1) is 9.72. The van der Waals surface area contributed by atoms with Crippen LogP contribution < -0.4 is 0 Å². The van der Waals surface area contributed by atoms with Gasteiger partial charge in [-0.05, 0) is 18.4 Å². The second kappa shape index (κ2) is 5.31. The van der Waals surface area contributed by atoms with Gasteiger partial charge in [0, 0.05) is 5.92 Å². The maximum atomic E-state index is 10.8. The van der Waals surface area contributed by atoms with Gasteiger partial charge in [0.1, 0.15) is 6.29 Å². The van der Waals surface area contributed by atoms with E-state index in [0.29, 0.717) is 0 Å². The summed E-state index contributed by atoms with van der Waals surface area (Å²) in [6, 6.07) is 9.85. The normalized spacial score (nSPS) is 12.0. The van der Waals surface area contributed by atoms with Crippen LogP contribution in [-0.4, -0.2) is 6.29 Å². The Balaban J connectivity index is 2.66. The first-order chi connectivity index (χ1) is 6.38. The lowest BCUT2D eigenvalue weighted by atomic mass is 9.96. The average Bonchev–Trinajstić information content (AvgIpc) is 2.21. The van der Waals surface area contributed by atoms with Crippen molar-refractivity contribution in [1.82, 2.24) is 0 Å². The molecule has 0 fully saturated rings. The Morgan fingerprint density at radius 3 is 2.54 bits per heavy atom. The summed E-state index contributed by atoms with van der Waals surface area (Å²) in [6.07, 6.45) is 4.60. The van der Waals surface area contributed by atoms with Crippen LogP contribution in [0.4, 0.5) is 0 Å². The molecule has 1 aromatic rings. The van der Waals surface area contributed by atoms with Gasteiger partial charge in [0.2, 0.25) is 0 Å². The molecule has 0 saturated carbocycles. The fraction of sp³-hybridized carbons (Fsp3) is 0.250. The molecule has 1 heteroatoms. The molecule has 1 nitrogen and oxygen atoms in total. The second-order valence-corrected chi connectivity index (χ2v) is 3.02. The van der Waals surface area contributed by atoms with Gasteiger partial charge in [0.25, 0.3) is 0 Å². The van der Waals surface area contributed by atoms with Crippen molar-refractivity contribution < 1.29 is 4.79 Å². The van der Waals surface area contributed by atoms with Gasteiger partial charge in [-0.25, -0.2) is 0 Å². The molecular weight excluding hydrogens is 160 g/mol. The summed E-state index contributed by atoms with van der Waals surface area (Å²) < 4.78 is 0. The number of rotatable bonds is 5. The van der Waals surface area contributed by atoms with Gasteiger partial charge in [0.15, 0.2) is 0 Å². The van der Waals surface area contributed by atoms with E-state index in [1.54, 1.807) is 0 Å². The standard InChI is InChI=1S/C12H14O/c1-2-3-7-12(10-13)11-8-5-4-6-9-11/h2,4-6,8-10,12H,1,3,7H2. The molecule has 0 aliphatic carbocycles. The van der Waals surface area contributed by atoms with Crippen LogP contribution in [0, 0.1) is 0 Å². The molecule has 0 aliphatic rings. The van der Waals surface area contributed by atoms with E-state index in [-0.39, 0.29) is 5.92 Å². The molecule has 0 heterocycles. The lowest BCUT2D eigenvalue weighted by Gasteiger charge is -2.08. The number of carbonyl (C=O) groups excluding carboxylic acids is 1. The molecule has 0 saturated heterocycles. The molecule has 0 spiro atoms. The largest absolute Gasteiger partial charge is 0.303 e. The van der Waals surface area contributed by atoms with Gasteiger partial charge in [-0.3, -0.25) is 0 Å². The fourth-order valence-electron chi connectivity index (χ4n) is 1.31. The lowest BCUT2D eigenvalue weighted by Crippen LogP contribution is -1.99. The Labute approximate surface area is 79.1 Å². The third-order valence-corrected chi connectivity index (χ3v) is 2.07. The highest BCUT2D eigenvalue weighted by atomic mass is 16.1. The molecule has 13 heavy (non-hydrogen) atoms. The van der Waals surface area contributed by atoms with Crippen LogP contribution in [0.2, 0.25) is 0 Å². The number of hydrogen-bond donors (Lipinski definition) is 0. The fourth-order valence-corrected chi connectivity index (χ4v) is 1.31. The van der Waals surface area contributed by atoms with Gasteiger partial charge in [0.05, 0.1) is 0 Å². The lowest BCUT2D eigenvalue weighted by molar-refractivity contribution is -0.109. The van der Waals surface area contributed by atoms with Gasteiger partial charge in [-0.2, -0.15) is 0 Å². The number of benzene rings is 1. The highest BCUT2D eigenvalue weighted by molar-refractivity contribution is 5.61. The van der Waals surface area contributed by atoms with Crippen molar-refractivity contribution in [3.05, 3.63) is 48.6 Å². The summed E-state index contributed by atoms with van der Waals surface area (Å²) in [5, 5.41) is 0. The van der Waals surface area contributed by atoms with Crippen LogP contribution in [-0.2, 0) is 4.79 Å². The molecule has 68 valence electrons. The highest BCUT2D eigenvalue weighted by Crippen LogP contribution is 2.18. The minimum atomic E-state index is 0.0270. The van der Waals surface area contributed by atoms with Crippen molar-refractivity contribution >= 4 is 6.29 Å². The van der Waals surface area contributed by atoms with E-state index < -0.39 is 0 Å². The Morgan fingerprint density at radius 2 is 2.00 bits per heavy atom. The van der Waals surface area contributed by atoms with Crippen molar-refractivity contribution in [3.63, 3.8) is 0 Å². The molecule has 0 radical (unpaired) electrons. The van der Waals surface area contributed by atoms with E-state index in [1.807, 2.05) is 36.4 Å². The van der Waals surface area contributed by atoms with Gasteiger partial charge in [-0.1, -0.05) is 36.4 Å². The van der Waals surface area contributed by atoms with Crippen LogP contribution in [0.25, 0.3) is 0 Å². The van der Waals surface area contributed by atoms with Crippen LogP contribution in [0.5, 0.6) is 0 Å². The van der Waals surface area contributed by atoms with Crippen LogP contribution in [0.15, 0.2) is 43.0 Å². The molecule has 0 aliphatic heterocycles. The quantitative estimate of drug-likeness (QED) is 0.495. The van der Waals surface area contributed by atoms with Crippen LogP contribution in [0.1, 0.15) is 24.3 Å². The van der Waals surface area contributed by atoms with Gasteiger partial charge < -0.3 is 4.79 Å². The predicted octanol–water partition coefficient (Wildman–Crippen LogP) is 2.94. The highest BCUT2D eigenvalue weighted by Gasteiger charge is 2.07. The van der Waals surface area contributed by atoms with E-state index in [4.69, 9.17) is 0 Å². The summed E-state index contributed by atoms with van der Waals surface area (Å²) in [5.41, 5.74) is 1.10. The van der Waals surface area contributed by atoms with Gasteiger partial charge in [-0.15, -0.1) is 6.58 Å². The van der Waals surface area contributed by atoms with Crippen molar-refractivity contribution in [2.75, 3.05) is 0 Å². The number of carbonyl (C=O) groups is 1. The number of hydrogen-bond acceptors (Lipinski definition) is 1. The minimum Gasteiger partial charge on any atom is -0.303 e. The van der Waals surface area contributed by atoms with Gasteiger partial charge >= 0.3 is 0 Å². The summed E-state index contributed by atoms with van der Waals surface area (Å²) in [4.78, 5) is 10.8. The molecule has 1 aromatic carbocycles. The predicted molar refractivity (Wildman–Crippen MR) is 54.7 cm³/mol. The minimum absolute atomic E-state index is 0.0270. The first-order valence-electron chi connectivity index (χ1n) is 4.49. The Bertz CT molecular complexity index is 264. The molecular formula is C12H14O. The van der Waals surface area contributed by atoms with Crippen LogP contribution >= 0.6 is 0 Å². The molecule has 0 amide bonds. The maximum absolute atomic E-state index is 10.8. The number of aldehydes is 1. The first-order valence-corrected chi connectivity index (χ1v) is 4.49. The maximum Gasteiger partial charge on any atom is 0.127 e. The van der Waals surface area contributed by atoms with Crippen molar-refractivity contribution in [2.24, 2.45) is 0 Å². The average molecular weight is 174 g/mol. The van der Waals surface area contributed by atoms with E-state index in [1.165, 1.54) is 0 Å². The smallest absolute Gasteiger partial charge is 0.127 e. The van der Waals surface area contributed by atoms with Crippen molar-refractivity contribution in [3.8, 4) is 0 Å². The zero-order valence-corrected chi connectivity index (χ0v) is 7.65. The monoisotopic (exact) mass is 174 g/mol. The second-order valence-electron chi connectivity index (χ2n) is 3.02. The van der Waals surface area contributed by atoms with Crippen LogP contribution in [0.3, 0.4) is 0 Å². The van der Waals surface area contributed by atoms with E-state index in [2.05, 4.69) is 6.58 Å². The SMILES string of the molecule is C=CCCC(C=O)c1ccccc1. The molecule has 1 atom stereocenters. The molecule has 0 bridgehead atoms. The summed E-state index contributed by atoms with van der Waals surface area (Å²) >= 11 is 0. The topological polar surface area (TPSA) is 17.1 Å². The van der Waals surface area contributed by atoms with E-state index in [0.717, 1.165) is 24.7 Å². The third kappa shape index (κ3) is 2.86. The zero-order valence-electron chi connectivity index (χ0n) is 7.65. The Kier molecular flexibility index (Phi) is 3.97. The van der Waals surface area contributed by atoms with Crippen molar-refractivity contribution in [2.45, 2.75) is 18.8 Å². The molecule has 0 N–H and O–H groups in total. The molecule has 1 rings (SSSR count). The number of allylic oxidation sites excluding steroid dienone is 1. The molecule has 0 aromatic heterocycles.